The molecule has 0 bridgehead atoms. The molecule has 1 atom stereocenters. The van der Waals surface area contributed by atoms with Gasteiger partial charge in [0, 0.05) is 58.4 Å². The zero-order chi connectivity index (χ0) is 20.2. The van der Waals surface area contributed by atoms with E-state index in [-0.39, 0.29) is 18.2 Å². The third-order valence-corrected chi connectivity index (χ3v) is 5.21. The van der Waals surface area contributed by atoms with Crippen LogP contribution < -0.4 is 10.2 Å². The summed E-state index contributed by atoms with van der Waals surface area (Å²) in [5.41, 5.74) is 0.533. The van der Waals surface area contributed by atoms with E-state index in [1.807, 2.05) is 11.9 Å². The number of hydrogen-bond acceptors (Lipinski definition) is 9. The molecule has 1 unspecified atom stereocenters. The van der Waals surface area contributed by atoms with Gasteiger partial charge in [-0.05, 0) is 17.5 Å². The minimum atomic E-state index is -0.504. The van der Waals surface area contributed by atoms with Crippen molar-refractivity contribution in [1.82, 2.24) is 40.1 Å². The summed E-state index contributed by atoms with van der Waals surface area (Å²) in [4.78, 5) is 35.4. The molecule has 156 valence electrons. The molecule has 0 aliphatic carbocycles. The van der Waals surface area contributed by atoms with Gasteiger partial charge in [0.2, 0.25) is 11.6 Å². The van der Waals surface area contributed by atoms with Crippen LogP contribution in [-0.4, -0.2) is 112 Å². The molecule has 12 heteroatoms. The van der Waals surface area contributed by atoms with Crippen LogP contribution in [0, 0.1) is 0 Å². The highest BCUT2D eigenvalue weighted by Gasteiger charge is 2.30. The molecule has 0 saturated carbocycles. The number of hydrogen-bond donors (Lipinski definition) is 1. The van der Waals surface area contributed by atoms with Crippen LogP contribution in [0.1, 0.15) is 6.42 Å². The number of aromatic nitrogens is 5. The van der Waals surface area contributed by atoms with E-state index in [4.69, 9.17) is 4.74 Å². The van der Waals surface area contributed by atoms with Gasteiger partial charge in [0.1, 0.15) is 6.10 Å². The van der Waals surface area contributed by atoms with Crippen molar-refractivity contribution in [2.24, 2.45) is 0 Å². The van der Waals surface area contributed by atoms with Crippen LogP contribution in [-0.2, 0) is 14.3 Å². The summed E-state index contributed by atoms with van der Waals surface area (Å²) in [5.74, 6) is 0.454. The van der Waals surface area contributed by atoms with Crippen molar-refractivity contribution in [3.63, 3.8) is 0 Å². The maximum absolute atomic E-state index is 13.1. The standard InChI is InChI=1S/C17H25N9O3/c1-23-10-11-29-13(12-23)17(28)25-5-2-14(27)18-3-6-24(8-9-25)15-16-20-21-22-26(16)7-4-19-15/h4,7,13H,2-3,5-6,8-12H2,1H3,(H,18,27). The zero-order valence-corrected chi connectivity index (χ0v) is 16.4. The van der Waals surface area contributed by atoms with Crippen molar-refractivity contribution in [1.29, 1.82) is 0 Å². The molecule has 2 aromatic rings. The van der Waals surface area contributed by atoms with Crippen LogP contribution in [0.15, 0.2) is 12.4 Å². The van der Waals surface area contributed by atoms with Gasteiger partial charge in [-0.25, -0.2) is 4.98 Å². The number of ether oxygens (including phenoxy) is 1. The Balaban J connectivity index is 1.53. The Morgan fingerprint density at radius 2 is 2.14 bits per heavy atom. The summed E-state index contributed by atoms with van der Waals surface area (Å²) in [7, 11) is 1.97. The molecule has 1 N–H and O–H groups in total. The molecular weight excluding hydrogens is 378 g/mol. The lowest BCUT2D eigenvalue weighted by Crippen LogP contribution is -2.52. The maximum Gasteiger partial charge on any atom is 0.253 e. The predicted molar refractivity (Wildman–Crippen MR) is 102 cm³/mol. The molecule has 2 aromatic heterocycles. The van der Waals surface area contributed by atoms with Crippen molar-refractivity contribution < 1.29 is 14.3 Å². The zero-order valence-electron chi connectivity index (χ0n) is 16.4. The smallest absolute Gasteiger partial charge is 0.253 e. The summed E-state index contributed by atoms with van der Waals surface area (Å²) >= 11 is 0. The van der Waals surface area contributed by atoms with Gasteiger partial charge < -0.3 is 24.8 Å². The Morgan fingerprint density at radius 1 is 1.24 bits per heavy atom. The second-order valence-corrected chi connectivity index (χ2v) is 7.23. The number of carbonyl (C=O) groups is 2. The van der Waals surface area contributed by atoms with E-state index in [1.165, 1.54) is 0 Å². The van der Waals surface area contributed by atoms with Gasteiger partial charge in [0.25, 0.3) is 5.91 Å². The number of nitrogens with one attached hydrogen (secondary N) is 1. The first-order valence-electron chi connectivity index (χ1n) is 9.75. The number of fused-ring (bicyclic) bond motifs is 1. The van der Waals surface area contributed by atoms with Gasteiger partial charge in [0.15, 0.2) is 5.82 Å². The molecule has 0 spiro atoms. The van der Waals surface area contributed by atoms with Crippen LogP contribution in [0.5, 0.6) is 0 Å². The third-order valence-electron chi connectivity index (χ3n) is 5.21. The second-order valence-electron chi connectivity index (χ2n) is 7.23. The van der Waals surface area contributed by atoms with Gasteiger partial charge in [-0.3, -0.25) is 9.59 Å². The van der Waals surface area contributed by atoms with Gasteiger partial charge in [-0.2, -0.15) is 4.52 Å². The number of rotatable bonds is 2. The van der Waals surface area contributed by atoms with E-state index in [1.54, 1.807) is 21.8 Å². The summed E-state index contributed by atoms with van der Waals surface area (Å²) < 4.78 is 7.24. The van der Waals surface area contributed by atoms with Crippen molar-refractivity contribution >= 4 is 23.3 Å². The number of amides is 2. The average Bonchev–Trinajstić information content (AvgIpc) is 3.21. The Kier molecular flexibility index (Phi) is 5.81. The van der Waals surface area contributed by atoms with Crippen LogP contribution >= 0.6 is 0 Å². The van der Waals surface area contributed by atoms with Crippen LogP contribution in [0.25, 0.3) is 5.65 Å². The number of nitrogens with zero attached hydrogens (tertiary/aromatic N) is 8. The van der Waals surface area contributed by atoms with Crippen molar-refractivity contribution in [2.75, 3.05) is 64.4 Å². The van der Waals surface area contributed by atoms with Gasteiger partial charge in [-0.1, -0.05) is 0 Å². The van der Waals surface area contributed by atoms with E-state index in [0.29, 0.717) is 57.3 Å². The first-order chi connectivity index (χ1) is 14.1. The summed E-state index contributed by atoms with van der Waals surface area (Å²) in [5, 5.41) is 14.5. The minimum Gasteiger partial charge on any atom is -0.366 e. The summed E-state index contributed by atoms with van der Waals surface area (Å²) in [6, 6.07) is 0. The highest BCUT2D eigenvalue weighted by Crippen LogP contribution is 2.16. The lowest BCUT2D eigenvalue weighted by atomic mass is 10.2. The van der Waals surface area contributed by atoms with Gasteiger partial charge in [0.05, 0.1) is 12.8 Å². The van der Waals surface area contributed by atoms with Crippen LogP contribution in [0.3, 0.4) is 0 Å². The lowest BCUT2D eigenvalue weighted by Gasteiger charge is -2.35. The highest BCUT2D eigenvalue weighted by molar-refractivity contribution is 5.82. The Bertz CT molecular complexity index is 873. The van der Waals surface area contributed by atoms with Crippen molar-refractivity contribution in [2.45, 2.75) is 12.5 Å². The minimum absolute atomic E-state index is 0.0818. The molecule has 29 heavy (non-hydrogen) atoms. The largest absolute Gasteiger partial charge is 0.366 e. The molecule has 2 saturated heterocycles. The number of morpholine rings is 1. The first-order valence-corrected chi connectivity index (χ1v) is 9.75. The molecule has 0 aromatic carbocycles. The monoisotopic (exact) mass is 403 g/mol. The third kappa shape index (κ3) is 4.43. The fraction of sp³-hybridized carbons (Fsp3) is 0.647. The molecular formula is C17H25N9O3. The quantitative estimate of drug-likeness (QED) is 0.607. The fourth-order valence-corrected chi connectivity index (χ4v) is 3.57. The van der Waals surface area contributed by atoms with E-state index in [9.17, 15) is 9.59 Å². The topological polar surface area (TPSA) is 121 Å². The van der Waals surface area contributed by atoms with E-state index in [2.05, 4.69) is 30.7 Å². The second kappa shape index (κ2) is 8.66. The molecule has 4 rings (SSSR count). The fourth-order valence-electron chi connectivity index (χ4n) is 3.57. The lowest BCUT2D eigenvalue weighted by molar-refractivity contribution is -0.149. The summed E-state index contributed by atoms with van der Waals surface area (Å²) in [6.45, 7) is 4.26. The Hall–Kier alpha value is -2.86. The molecule has 2 aliphatic heterocycles. The normalized spacial score (nSPS) is 22.5. The maximum atomic E-state index is 13.1. The molecule has 4 heterocycles. The first kappa shape index (κ1) is 19.5. The number of carbonyl (C=O) groups excluding carboxylic acids is 2. The number of tetrazole rings is 1. The van der Waals surface area contributed by atoms with Gasteiger partial charge in [-0.15, -0.1) is 5.10 Å². The van der Waals surface area contributed by atoms with Crippen LogP contribution in [0.4, 0.5) is 5.82 Å². The molecule has 2 aliphatic rings. The predicted octanol–water partition coefficient (Wildman–Crippen LogP) is -2.00. The van der Waals surface area contributed by atoms with Crippen molar-refractivity contribution in [3.05, 3.63) is 12.4 Å². The molecule has 12 nitrogen and oxygen atoms in total. The number of likely N-dealkylation sites (N-methyl/N-ethyl adjacent to an activating group) is 1. The molecule has 2 fully saturated rings. The van der Waals surface area contributed by atoms with Crippen LogP contribution in [0.2, 0.25) is 0 Å². The van der Waals surface area contributed by atoms with Crippen molar-refractivity contribution in [3.8, 4) is 0 Å². The summed E-state index contributed by atoms with van der Waals surface area (Å²) in [6.07, 6.45) is 3.07. The van der Waals surface area contributed by atoms with E-state index < -0.39 is 6.10 Å². The molecule has 0 radical (unpaired) electrons. The van der Waals surface area contributed by atoms with Gasteiger partial charge >= 0.3 is 0 Å². The average molecular weight is 403 g/mol. The SMILES string of the molecule is CN1CCOC(C(=O)N2CCC(=O)NCCN(c3nccn4nnnc34)CC2)C1. The Morgan fingerprint density at radius 3 is 3.00 bits per heavy atom. The Labute approximate surface area is 167 Å². The number of anilines is 1. The molecule has 2 amide bonds. The van der Waals surface area contributed by atoms with E-state index in [0.717, 1.165) is 6.54 Å². The highest BCUT2D eigenvalue weighted by atomic mass is 16.5. The van der Waals surface area contributed by atoms with E-state index >= 15 is 0 Å².